The van der Waals surface area contributed by atoms with Crippen LogP contribution >= 0.6 is 0 Å². The molecule has 1 unspecified atom stereocenters. The van der Waals surface area contributed by atoms with Crippen molar-refractivity contribution in [3.05, 3.63) is 29.8 Å². The van der Waals surface area contributed by atoms with Crippen LogP contribution in [0, 0.1) is 11.3 Å². The lowest BCUT2D eigenvalue weighted by molar-refractivity contribution is -0.132. The topological polar surface area (TPSA) is 56.1 Å². The van der Waals surface area contributed by atoms with E-state index in [-0.39, 0.29) is 5.91 Å². The number of hydrogen-bond donors (Lipinski definition) is 1. The van der Waals surface area contributed by atoms with Crippen molar-refractivity contribution in [2.75, 3.05) is 18.4 Å². The number of hydrogen-bond acceptors (Lipinski definition) is 3. The summed E-state index contributed by atoms with van der Waals surface area (Å²) in [5, 5.41) is 11.8. The fourth-order valence-electron chi connectivity index (χ4n) is 2.41. The molecule has 1 heterocycles. The standard InChI is InChI=1S/C15H19N3O/c1-12-4-2-3-9-18(12)15(19)11-17-14-7-5-13(10-16)6-8-14/h5-8,12,17H,2-4,9,11H2,1H3. The number of likely N-dealkylation sites (tertiary alicyclic amines) is 1. The summed E-state index contributed by atoms with van der Waals surface area (Å²) >= 11 is 0. The molecule has 0 aromatic heterocycles. The van der Waals surface area contributed by atoms with E-state index in [1.54, 1.807) is 12.1 Å². The second kappa shape index (κ2) is 6.24. The van der Waals surface area contributed by atoms with Crippen LogP contribution in [-0.4, -0.2) is 29.9 Å². The Morgan fingerprint density at radius 2 is 2.16 bits per heavy atom. The summed E-state index contributed by atoms with van der Waals surface area (Å²) < 4.78 is 0. The van der Waals surface area contributed by atoms with E-state index in [0.717, 1.165) is 25.1 Å². The number of amides is 1. The van der Waals surface area contributed by atoms with E-state index >= 15 is 0 Å². The molecular weight excluding hydrogens is 238 g/mol. The quantitative estimate of drug-likeness (QED) is 0.904. The Labute approximate surface area is 114 Å². The zero-order valence-corrected chi connectivity index (χ0v) is 11.2. The normalized spacial score (nSPS) is 18.7. The van der Waals surface area contributed by atoms with Gasteiger partial charge in [-0.05, 0) is 50.5 Å². The van der Waals surface area contributed by atoms with Crippen LogP contribution in [0.25, 0.3) is 0 Å². The first-order chi connectivity index (χ1) is 9.20. The first kappa shape index (κ1) is 13.4. The summed E-state index contributed by atoms with van der Waals surface area (Å²) in [7, 11) is 0. The lowest BCUT2D eigenvalue weighted by Gasteiger charge is -2.33. The highest BCUT2D eigenvalue weighted by Crippen LogP contribution is 2.16. The average molecular weight is 257 g/mol. The van der Waals surface area contributed by atoms with Gasteiger partial charge in [-0.3, -0.25) is 4.79 Å². The second-order valence-corrected chi connectivity index (χ2v) is 4.97. The summed E-state index contributed by atoms with van der Waals surface area (Å²) in [6, 6.07) is 9.57. The van der Waals surface area contributed by atoms with Crippen molar-refractivity contribution in [1.82, 2.24) is 4.90 Å². The molecule has 0 spiro atoms. The Hall–Kier alpha value is -2.02. The molecule has 4 nitrogen and oxygen atoms in total. The third-order valence-electron chi connectivity index (χ3n) is 3.58. The van der Waals surface area contributed by atoms with Crippen LogP contribution < -0.4 is 5.32 Å². The van der Waals surface area contributed by atoms with E-state index in [0.29, 0.717) is 18.2 Å². The van der Waals surface area contributed by atoms with Crippen LogP contribution in [-0.2, 0) is 4.79 Å². The molecule has 1 saturated heterocycles. The molecule has 2 rings (SSSR count). The van der Waals surface area contributed by atoms with Gasteiger partial charge in [0.1, 0.15) is 0 Å². The van der Waals surface area contributed by atoms with Crippen molar-refractivity contribution in [2.24, 2.45) is 0 Å². The number of anilines is 1. The predicted octanol–water partition coefficient (Wildman–Crippen LogP) is 2.37. The van der Waals surface area contributed by atoms with Gasteiger partial charge in [0.25, 0.3) is 0 Å². The van der Waals surface area contributed by atoms with E-state index in [9.17, 15) is 4.79 Å². The van der Waals surface area contributed by atoms with Gasteiger partial charge in [-0.25, -0.2) is 0 Å². The number of benzene rings is 1. The summed E-state index contributed by atoms with van der Waals surface area (Å²) in [6.45, 7) is 3.30. The first-order valence-electron chi connectivity index (χ1n) is 6.74. The van der Waals surface area contributed by atoms with Gasteiger partial charge in [0.05, 0.1) is 18.2 Å². The maximum atomic E-state index is 12.1. The van der Waals surface area contributed by atoms with Crippen molar-refractivity contribution < 1.29 is 4.79 Å². The average Bonchev–Trinajstić information content (AvgIpc) is 2.46. The molecule has 0 bridgehead atoms. The molecular formula is C15H19N3O. The highest BCUT2D eigenvalue weighted by molar-refractivity contribution is 5.81. The largest absolute Gasteiger partial charge is 0.376 e. The molecule has 0 aliphatic carbocycles. The smallest absolute Gasteiger partial charge is 0.242 e. The van der Waals surface area contributed by atoms with Crippen molar-refractivity contribution in [1.29, 1.82) is 5.26 Å². The first-order valence-corrected chi connectivity index (χ1v) is 6.74. The molecule has 19 heavy (non-hydrogen) atoms. The molecule has 0 radical (unpaired) electrons. The van der Waals surface area contributed by atoms with Crippen LogP contribution in [0.3, 0.4) is 0 Å². The Kier molecular flexibility index (Phi) is 4.40. The summed E-state index contributed by atoms with van der Waals surface area (Å²) in [5.41, 5.74) is 1.50. The maximum Gasteiger partial charge on any atom is 0.242 e. The Morgan fingerprint density at radius 3 is 2.79 bits per heavy atom. The summed E-state index contributed by atoms with van der Waals surface area (Å²) in [5.74, 6) is 0.150. The van der Waals surface area contributed by atoms with E-state index in [1.165, 1.54) is 6.42 Å². The van der Waals surface area contributed by atoms with E-state index in [1.807, 2.05) is 17.0 Å². The van der Waals surface area contributed by atoms with E-state index in [4.69, 9.17) is 5.26 Å². The van der Waals surface area contributed by atoms with Gasteiger partial charge < -0.3 is 10.2 Å². The van der Waals surface area contributed by atoms with Gasteiger partial charge in [0.15, 0.2) is 0 Å². The van der Waals surface area contributed by atoms with Gasteiger partial charge in [-0.2, -0.15) is 5.26 Å². The van der Waals surface area contributed by atoms with Crippen LogP contribution in [0.1, 0.15) is 31.7 Å². The number of nitrogens with one attached hydrogen (secondary N) is 1. The lowest BCUT2D eigenvalue weighted by Crippen LogP contribution is -2.44. The molecule has 1 N–H and O–H groups in total. The molecule has 1 aromatic carbocycles. The molecule has 4 heteroatoms. The SMILES string of the molecule is CC1CCCCN1C(=O)CNc1ccc(C#N)cc1. The molecule has 1 aliphatic rings. The minimum absolute atomic E-state index is 0.150. The molecule has 1 atom stereocenters. The number of piperidine rings is 1. The van der Waals surface area contributed by atoms with Gasteiger partial charge in [-0.15, -0.1) is 0 Å². The molecule has 1 fully saturated rings. The molecule has 1 amide bonds. The fourth-order valence-corrected chi connectivity index (χ4v) is 2.41. The Bertz CT molecular complexity index is 475. The van der Waals surface area contributed by atoms with Crippen LogP contribution in [0.15, 0.2) is 24.3 Å². The van der Waals surface area contributed by atoms with Gasteiger partial charge in [0, 0.05) is 18.3 Å². The van der Waals surface area contributed by atoms with Crippen molar-refractivity contribution in [2.45, 2.75) is 32.2 Å². The number of rotatable bonds is 3. The van der Waals surface area contributed by atoms with Crippen LogP contribution in [0.2, 0.25) is 0 Å². The van der Waals surface area contributed by atoms with Crippen LogP contribution in [0.4, 0.5) is 5.69 Å². The third kappa shape index (κ3) is 3.47. The minimum atomic E-state index is 0.150. The van der Waals surface area contributed by atoms with Crippen molar-refractivity contribution in [3.8, 4) is 6.07 Å². The van der Waals surface area contributed by atoms with Crippen molar-refractivity contribution >= 4 is 11.6 Å². The van der Waals surface area contributed by atoms with Gasteiger partial charge in [0.2, 0.25) is 5.91 Å². The molecule has 1 aromatic rings. The summed E-state index contributed by atoms with van der Waals surface area (Å²) in [4.78, 5) is 14.1. The Morgan fingerprint density at radius 1 is 1.42 bits per heavy atom. The highest BCUT2D eigenvalue weighted by atomic mass is 16.2. The highest BCUT2D eigenvalue weighted by Gasteiger charge is 2.22. The van der Waals surface area contributed by atoms with Crippen molar-refractivity contribution in [3.63, 3.8) is 0 Å². The monoisotopic (exact) mass is 257 g/mol. The third-order valence-corrected chi connectivity index (χ3v) is 3.58. The number of carbonyl (C=O) groups excluding carboxylic acids is 1. The number of nitrogens with zero attached hydrogens (tertiary/aromatic N) is 2. The minimum Gasteiger partial charge on any atom is -0.376 e. The van der Waals surface area contributed by atoms with Gasteiger partial charge >= 0.3 is 0 Å². The zero-order valence-electron chi connectivity index (χ0n) is 11.2. The molecule has 100 valence electrons. The predicted molar refractivity (Wildman–Crippen MR) is 74.7 cm³/mol. The van der Waals surface area contributed by atoms with Crippen LogP contribution in [0.5, 0.6) is 0 Å². The lowest BCUT2D eigenvalue weighted by atomic mass is 10.0. The number of carbonyl (C=O) groups is 1. The maximum absolute atomic E-state index is 12.1. The zero-order chi connectivity index (χ0) is 13.7. The number of nitriles is 1. The van der Waals surface area contributed by atoms with Gasteiger partial charge in [-0.1, -0.05) is 0 Å². The Balaban J connectivity index is 1.87. The second-order valence-electron chi connectivity index (χ2n) is 4.97. The van der Waals surface area contributed by atoms with E-state index < -0.39 is 0 Å². The summed E-state index contributed by atoms with van der Waals surface area (Å²) in [6.07, 6.45) is 3.42. The fraction of sp³-hybridized carbons (Fsp3) is 0.467. The molecule has 0 saturated carbocycles. The molecule has 1 aliphatic heterocycles. The van der Waals surface area contributed by atoms with E-state index in [2.05, 4.69) is 18.3 Å².